The van der Waals surface area contributed by atoms with Gasteiger partial charge in [-0.15, -0.1) is 11.3 Å². The van der Waals surface area contributed by atoms with Crippen LogP contribution in [0.4, 0.5) is 0 Å². The van der Waals surface area contributed by atoms with Crippen molar-refractivity contribution >= 4 is 38.9 Å². The van der Waals surface area contributed by atoms with E-state index in [9.17, 15) is 0 Å². The molecule has 1 heterocycles. The van der Waals surface area contributed by atoms with Crippen LogP contribution in [0.3, 0.4) is 0 Å². The van der Waals surface area contributed by atoms with Crippen molar-refractivity contribution in [2.24, 2.45) is 0 Å². The monoisotopic (exact) mass is 329 g/mol. The highest BCUT2D eigenvalue weighted by atomic mass is 79.9. The Morgan fingerprint density at radius 1 is 1.29 bits per heavy atom. The number of aryl methyl sites for hydroxylation is 1. The number of thiophene rings is 1. The van der Waals surface area contributed by atoms with E-state index in [1.807, 2.05) is 19.2 Å². The van der Waals surface area contributed by atoms with Gasteiger partial charge in [-0.2, -0.15) is 0 Å². The van der Waals surface area contributed by atoms with Crippen molar-refractivity contribution in [3.63, 3.8) is 0 Å². The Balaban J connectivity index is 2.46. The Labute approximate surface area is 119 Å². The van der Waals surface area contributed by atoms with Gasteiger partial charge in [0.25, 0.3) is 0 Å². The van der Waals surface area contributed by atoms with Gasteiger partial charge in [0.2, 0.25) is 0 Å². The predicted octanol–water partition coefficient (Wildman–Crippen LogP) is 4.78. The van der Waals surface area contributed by atoms with E-state index in [-0.39, 0.29) is 6.04 Å². The molecule has 0 aliphatic heterocycles. The van der Waals surface area contributed by atoms with Crippen molar-refractivity contribution in [1.29, 1.82) is 0 Å². The lowest BCUT2D eigenvalue weighted by Crippen LogP contribution is -2.18. The Bertz CT molecular complexity index is 524. The van der Waals surface area contributed by atoms with Crippen LogP contribution in [-0.4, -0.2) is 7.05 Å². The van der Waals surface area contributed by atoms with E-state index in [4.69, 9.17) is 11.6 Å². The van der Waals surface area contributed by atoms with Gasteiger partial charge in [-0.25, -0.2) is 0 Å². The Morgan fingerprint density at radius 2 is 2.06 bits per heavy atom. The van der Waals surface area contributed by atoms with Crippen LogP contribution in [0.1, 0.15) is 22.0 Å². The van der Waals surface area contributed by atoms with Crippen LogP contribution in [0.15, 0.2) is 34.1 Å². The highest BCUT2D eigenvalue weighted by Gasteiger charge is 2.17. The number of rotatable bonds is 3. The molecule has 0 radical (unpaired) electrons. The standard InChI is InChI=1S/C13H13BrClNS/c1-8-10(5-6-17-8)13(16-2)11-4-3-9(15)7-12(11)14/h3-7,13,16H,1-2H3. The third kappa shape index (κ3) is 2.74. The molecule has 0 fully saturated rings. The first-order chi connectivity index (χ1) is 8.13. The number of benzene rings is 1. The molecule has 1 unspecified atom stereocenters. The normalized spacial score (nSPS) is 12.7. The minimum Gasteiger partial charge on any atom is -0.309 e. The number of halogens is 2. The first-order valence-electron chi connectivity index (χ1n) is 5.29. The molecule has 0 amide bonds. The van der Waals surface area contributed by atoms with Crippen molar-refractivity contribution in [2.45, 2.75) is 13.0 Å². The summed E-state index contributed by atoms with van der Waals surface area (Å²) in [5.41, 5.74) is 2.53. The summed E-state index contributed by atoms with van der Waals surface area (Å²) in [6.07, 6.45) is 0. The predicted molar refractivity (Wildman–Crippen MR) is 79.1 cm³/mol. The summed E-state index contributed by atoms with van der Waals surface area (Å²) in [5.74, 6) is 0. The molecule has 0 saturated carbocycles. The van der Waals surface area contributed by atoms with Crippen LogP contribution in [0.25, 0.3) is 0 Å². The van der Waals surface area contributed by atoms with E-state index in [2.05, 4.69) is 45.7 Å². The summed E-state index contributed by atoms with van der Waals surface area (Å²) in [4.78, 5) is 1.34. The fourth-order valence-electron chi connectivity index (χ4n) is 1.91. The molecule has 1 nitrogen and oxygen atoms in total. The van der Waals surface area contributed by atoms with Crippen molar-refractivity contribution < 1.29 is 0 Å². The second-order valence-corrected chi connectivity index (χ2v) is 6.23. The van der Waals surface area contributed by atoms with Gasteiger partial charge in [-0.3, -0.25) is 0 Å². The van der Waals surface area contributed by atoms with Gasteiger partial charge in [0, 0.05) is 14.4 Å². The SMILES string of the molecule is CNC(c1ccc(Cl)cc1Br)c1ccsc1C. The Hall–Kier alpha value is -0.350. The van der Waals surface area contributed by atoms with Crippen molar-refractivity contribution in [1.82, 2.24) is 5.32 Å². The second-order valence-electron chi connectivity index (χ2n) is 3.82. The van der Waals surface area contributed by atoms with Gasteiger partial charge >= 0.3 is 0 Å². The van der Waals surface area contributed by atoms with Crippen LogP contribution in [0.2, 0.25) is 5.02 Å². The highest BCUT2D eigenvalue weighted by molar-refractivity contribution is 9.10. The molecule has 90 valence electrons. The molecule has 0 aliphatic carbocycles. The topological polar surface area (TPSA) is 12.0 Å². The zero-order valence-electron chi connectivity index (χ0n) is 9.63. The third-order valence-electron chi connectivity index (χ3n) is 2.77. The molecule has 17 heavy (non-hydrogen) atoms. The number of hydrogen-bond donors (Lipinski definition) is 1. The lowest BCUT2D eigenvalue weighted by Gasteiger charge is -2.18. The third-order valence-corrected chi connectivity index (χ3v) is 4.56. The van der Waals surface area contributed by atoms with Crippen LogP contribution < -0.4 is 5.32 Å². The van der Waals surface area contributed by atoms with E-state index < -0.39 is 0 Å². The van der Waals surface area contributed by atoms with Gasteiger partial charge in [-0.1, -0.05) is 33.6 Å². The lowest BCUT2D eigenvalue weighted by atomic mass is 10.00. The summed E-state index contributed by atoms with van der Waals surface area (Å²) in [6.45, 7) is 2.15. The lowest BCUT2D eigenvalue weighted by molar-refractivity contribution is 0.688. The molecule has 4 heteroatoms. The molecule has 1 atom stereocenters. The largest absolute Gasteiger partial charge is 0.309 e. The van der Waals surface area contributed by atoms with E-state index in [1.165, 1.54) is 16.0 Å². The fraction of sp³-hybridized carbons (Fsp3) is 0.231. The van der Waals surface area contributed by atoms with Crippen molar-refractivity contribution in [3.05, 3.63) is 55.1 Å². The highest BCUT2D eigenvalue weighted by Crippen LogP contribution is 2.33. The Kier molecular flexibility index (Phi) is 4.26. The summed E-state index contributed by atoms with van der Waals surface area (Å²) in [6, 6.07) is 8.29. The molecule has 1 aromatic heterocycles. The van der Waals surface area contributed by atoms with E-state index in [0.717, 1.165) is 9.50 Å². The average molecular weight is 331 g/mol. The van der Waals surface area contributed by atoms with E-state index in [1.54, 1.807) is 11.3 Å². The van der Waals surface area contributed by atoms with Crippen molar-refractivity contribution in [3.8, 4) is 0 Å². The molecule has 1 aromatic carbocycles. The maximum atomic E-state index is 5.97. The first-order valence-corrected chi connectivity index (χ1v) is 7.34. The molecule has 0 aliphatic rings. The molecule has 0 saturated heterocycles. The summed E-state index contributed by atoms with van der Waals surface area (Å²) in [7, 11) is 1.98. The number of hydrogen-bond acceptors (Lipinski definition) is 2. The second kappa shape index (κ2) is 5.53. The molecule has 0 spiro atoms. The molecule has 2 rings (SSSR count). The van der Waals surface area contributed by atoms with Gasteiger partial charge in [0.1, 0.15) is 0 Å². The molecule has 2 aromatic rings. The van der Waals surface area contributed by atoms with E-state index >= 15 is 0 Å². The quantitative estimate of drug-likeness (QED) is 0.854. The zero-order valence-corrected chi connectivity index (χ0v) is 12.8. The van der Waals surface area contributed by atoms with Crippen LogP contribution in [-0.2, 0) is 0 Å². The average Bonchev–Trinajstić information content (AvgIpc) is 2.69. The van der Waals surface area contributed by atoms with Gasteiger partial charge in [-0.05, 0) is 48.7 Å². The zero-order chi connectivity index (χ0) is 12.4. The first kappa shape index (κ1) is 13.1. The fourth-order valence-corrected chi connectivity index (χ4v) is 3.56. The van der Waals surface area contributed by atoms with Gasteiger partial charge in [0.15, 0.2) is 0 Å². The van der Waals surface area contributed by atoms with Gasteiger partial charge < -0.3 is 5.32 Å². The smallest absolute Gasteiger partial charge is 0.0596 e. The minimum atomic E-state index is 0.202. The van der Waals surface area contributed by atoms with Crippen LogP contribution >= 0.6 is 38.9 Å². The summed E-state index contributed by atoms with van der Waals surface area (Å²) in [5, 5.41) is 6.23. The number of nitrogens with one attached hydrogen (secondary N) is 1. The summed E-state index contributed by atoms with van der Waals surface area (Å²) < 4.78 is 1.04. The maximum Gasteiger partial charge on any atom is 0.0596 e. The van der Waals surface area contributed by atoms with E-state index in [0.29, 0.717) is 0 Å². The van der Waals surface area contributed by atoms with Crippen LogP contribution in [0, 0.1) is 6.92 Å². The minimum absolute atomic E-state index is 0.202. The maximum absolute atomic E-state index is 5.97. The Morgan fingerprint density at radius 3 is 2.59 bits per heavy atom. The van der Waals surface area contributed by atoms with Crippen LogP contribution in [0.5, 0.6) is 0 Å². The van der Waals surface area contributed by atoms with Gasteiger partial charge in [0.05, 0.1) is 6.04 Å². The molecular formula is C13H13BrClNS. The summed E-state index contributed by atoms with van der Waals surface area (Å²) >= 11 is 11.3. The molecular weight excluding hydrogens is 318 g/mol. The molecule has 1 N–H and O–H groups in total. The molecule has 0 bridgehead atoms. The van der Waals surface area contributed by atoms with Crippen molar-refractivity contribution in [2.75, 3.05) is 7.05 Å².